The predicted molar refractivity (Wildman–Crippen MR) is 72.6 cm³/mol. The third kappa shape index (κ3) is 2.99. The first-order valence-electron chi connectivity index (χ1n) is 6.33. The average molecular weight is 231 g/mol. The summed E-state index contributed by atoms with van der Waals surface area (Å²) >= 11 is 0. The fourth-order valence-corrected chi connectivity index (χ4v) is 2.12. The molecule has 0 atom stereocenters. The van der Waals surface area contributed by atoms with Gasteiger partial charge >= 0.3 is 0 Å². The van der Waals surface area contributed by atoms with E-state index in [9.17, 15) is 0 Å². The maximum atomic E-state index is 6.04. The minimum atomic E-state index is 0.660. The van der Waals surface area contributed by atoms with Gasteiger partial charge in [-0.25, -0.2) is 4.99 Å². The smallest absolute Gasteiger partial charge is 0.196 e. The topological polar surface area (TPSA) is 41.6 Å². The van der Waals surface area contributed by atoms with Crippen LogP contribution >= 0.6 is 0 Å². The molecule has 0 spiro atoms. The highest BCUT2D eigenvalue weighted by atomic mass is 15.3. The molecule has 0 amide bonds. The van der Waals surface area contributed by atoms with Crippen molar-refractivity contribution in [3.05, 3.63) is 29.3 Å². The monoisotopic (exact) mass is 231 g/mol. The molecule has 2 rings (SSSR count). The Labute approximate surface area is 103 Å². The molecule has 1 fully saturated rings. The van der Waals surface area contributed by atoms with Crippen molar-refractivity contribution in [2.24, 2.45) is 10.7 Å². The van der Waals surface area contributed by atoms with Crippen LogP contribution in [0.2, 0.25) is 0 Å². The van der Waals surface area contributed by atoms with Crippen LogP contribution in [0.4, 0.5) is 5.69 Å². The summed E-state index contributed by atoms with van der Waals surface area (Å²) in [6, 6.07) is 6.21. The Bertz CT molecular complexity index is 417. The molecule has 1 heterocycles. The maximum Gasteiger partial charge on any atom is 0.196 e. The highest BCUT2D eigenvalue weighted by Crippen LogP contribution is 2.18. The van der Waals surface area contributed by atoms with E-state index in [2.05, 4.69) is 35.9 Å². The van der Waals surface area contributed by atoms with E-state index in [0.29, 0.717) is 5.96 Å². The zero-order chi connectivity index (χ0) is 12.3. The van der Waals surface area contributed by atoms with Crippen LogP contribution in [0.15, 0.2) is 23.2 Å². The minimum absolute atomic E-state index is 0.660. The third-order valence-corrected chi connectivity index (χ3v) is 3.41. The molecule has 1 aromatic carbocycles. The van der Waals surface area contributed by atoms with E-state index in [1.54, 1.807) is 0 Å². The molecule has 17 heavy (non-hydrogen) atoms. The van der Waals surface area contributed by atoms with E-state index in [0.717, 1.165) is 18.8 Å². The van der Waals surface area contributed by atoms with Crippen LogP contribution in [0.3, 0.4) is 0 Å². The summed E-state index contributed by atoms with van der Waals surface area (Å²) in [5, 5.41) is 0. The number of aryl methyl sites for hydroxylation is 2. The molecule has 92 valence electrons. The number of hydrogen-bond donors (Lipinski definition) is 1. The van der Waals surface area contributed by atoms with Gasteiger partial charge in [-0.1, -0.05) is 6.07 Å². The Kier molecular flexibility index (Phi) is 3.67. The maximum absolute atomic E-state index is 6.04. The van der Waals surface area contributed by atoms with E-state index in [1.165, 1.54) is 30.4 Å². The lowest BCUT2D eigenvalue weighted by molar-refractivity contribution is 0.339. The van der Waals surface area contributed by atoms with E-state index >= 15 is 0 Å². The van der Waals surface area contributed by atoms with Gasteiger partial charge in [-0.3, -0.25) is 0 Å². The number of benzene rings is 1. The summed E-state index contributed by atoms with van der Waals surface area (Å²) in [7, 11) is 0. The molecule has 0 aliphatic carbocycles. The van der Waals surface area contributed by atoms with Gasteiger partial charge in [0.15, 0.2) is 5.96 Å². The van der Waals surface area contributed by atoms with Crippen molar-refractivity contribution in [1.29, 1.82) is 0 Å². The molecule has 0 radical (unpaired) electrons. The summed E-state index contributed by atoms with van der Waals surface area (Å²) in [4.78, 5) is 6.68. The van der Waals surface area contributed by atoms with Gasteiger partial charge in [0, 0.05) is 13.1 Å². The van der Waals surface area contributed by atoms with Gasteiger partial charge in [0.25, 0.3) is 0 Å². The lowest BCUT2D eigenvalue weighted by atomic mass is 10.1. The number of hydrogen-bond acceptors (Lipinski definition) is 1. The molecule has 1 saturated heterocycles. The Hall–Kier alpha value is -1.51. The molecular weight excluding hydrogens is 210 g/mol. The quantitative estimate of drug-likeness (QED) is 0.596. The largest absolute Gasteiger partial charge is 0.369 e. The van der Waals surface area contributed by atoms with Crippen molar-refractivity contribution in [1.82, 2.24) is 4.90 Å². The fourth-order valence-electron chi connectivity index (χ4n) is 2.12. The number of aliphatic imine (C=N–C) groups is 1. The van der Waals surface area contributed by atoms with E-state index in [4.69, 9.17) is 5.73 Å². The van der Waals surface area contributed by atoms with Crippen LogP contribution in [0.5, 0.6) is 0 Å². The highest BCUT2D eigenvalue weighted by molar-refractivity contribution is 5.81. The van der Waals surface area contributed by atoms with Crippen LogP contribution in [-0.2, 0) is 0 Å². The highest BCUT2D eigenvalue weighted by Gasteiger charge is 2.11. The Morgan fingerprint density at radius 3 is 2.47 bits per heavy atom. The second kappa shape index (κ2) is 5.21. The van der Waals surface area contributed by atoms with Gasteiger partial charge in [-0.2, -0.15) is 0 Å². The zero-order valence-electron chi connectivity index (χ0n) is 10.7. The Morgan fingerprint density at radius 2 is 1.82 bits per heavy atom. The first-order chi connectivity index (χ1) is 8.16. The average Bonchev–Trinajstić information content (AvgIpc) is 2.35. The summed E-state index contributed by atoms with van der Waals surface area (Å²) in [5.41, 5.74) is 9.55. The SMILES string of the molecule is Cc1ccc(N=C(N)N2CCCCC2)cc1C. The molecule has 1 aliphatic heterocycles. The van der Waals surface area contributed by atoms with E-state index in [-0.39, 0.29) is 0 Å². The van der Waals surface area contributed by atoms with Crippen molar-refractivity contribution >= 4 is 11.6 Å². The van der Waals surface area contributed by atoms with Crippen LogP contribution < -0.4 is 5.73 Å². The van der Waals surface area contributed by atoms with Crippen molar-refractivity contribution in [3.8, 4) is 0 Å². The van der Waals surface area contributed by atoms with E-state index < -0.39 is 0 Å². The lowest BCUT2D eigenvalue weighted by Gasteiger charge is -2.27. The Balaban J connectivity index is 2.13. The molecule has 0 aromatic heterocycles. The van der Waals surface area contributed by atoms with Gasteiger partial charge in [0.05, 0.1) is 5.69 Å². The second-order valence-electron chi connectivity index (χ2n) is 4.79. The summed E-state index contributed by atoms with van der Waals surface area (Å²) in [5.74, 6) is 0.660. The van der Waals surface area contributed by atoms with Crippen molar-refractivity contribution < 1.29 is 0 Å². The predicted octanol–water partition coefficient (Wildman–Crippen LogP) is 2.74. The standard InChI is InChI=1S/C14H21N3/c1-11-6-7-13(10-12(11)2)16-14(15)17-8-4-3-5-9-17/h6-7,10H,3-5,8-9H2,1-2H3,(H2,15,16). The fraction of sp³-hybridized carbons (Fsp3) is 0.500. The molecule has 0 bridgehead atoms. The molecule has 2 N–H and O–H groups in total. The normalized spacial score (nSPS) is 17.3. The van der Waals surface area contributed by atoms with Gasteiger partial charge in [0.2, 0.25) is 0 Å². The second-order valence-corrected chi connectivity index (χ2v) is 4.79. The third-order valence-electron chi connectivity index (χ3n) is 3.41. The number of nitrogens with two attached hydrogens (primary N) is 1. The van der Waals surface area contributed by atoms with Gasteiger partial charge in [-0.05, 0) is 56.4 Å². The molecule has 3 heteroatoms. The van der Waals surface area contributed by atoms with Gasteiger partial charge in [0.1, 0.15) is 0 Å². The molecule has 1 aromatic rings. The van der Waals surface area contributed by atoms with Crippen molar-refractivity contribution in [2.75, 3.05) is 13.1 Å². The first-order valence-corrected chi connectivity index (χ1v) is 6.33. The number of piperidine rings is 1. The van der Waals surface area contributed by atoms with Crippen molar-refractivity contribution in [3.63, 3.8) is 0 Å². The summed E-state index contributed by atoms with van der Waals surface area (Å²) < 4.78 is 0. The molecule has 1 aliphatic rings. The summed E-state index contributed by atoms with van der Waals surface area (Å²) in [6.45, 7) is 6.29. The lowest BCUT2D eigenvalue weighted by Crippen LogP contribution is -2.40. The van der Waals surface area contributed by atoms with Crippen LogP contribution in [0, 0.1) is 13.8 Å². The number of nitrogens with zero attached hydrogens (tertiary/aromatic N) is 2. The molecule has 0 saturated carbocycles. The van der Waals surface area contributed by atoms with Crippen molar-refractivity contribution in [2.45, 2.75) is 33.1 Å². The minimum Gasteiger partial charge on any atom is -0.369 e. The molecule has 3 nitrogen and oxygen atoms in total. The molecule has 0 unspecified atom stereocenters. The van der Waals surface area contributed by atoms with Crippen LogP contribution in [-0.4, -0.2) is 23.9 Å². The van der Waals surface area contributed by atoms with Crippen LogP contribution in [0.25, 0.3) is 0 Å². The number of rotatable bonds is 1. The number of guanidine groups is 1. The van der Waals surface area contributed by atoms with Gasteiger partial charge in [-0.15, -0.1) is 0 Å². The summed E-state index contributed by atoms with van der Waals surface area (Å²) in [6.07, 6.45) is 3.76. The molecular formula is C14H21N3. The zero-order valence-corrected chi connectivity index (χ0v) is 10.7. The Morgan fingerprint density at radius 1 is 1.12 bits per heavy atom. The van der Waals surface area contributed by atoms with Gasteiger partial charge < -0.3 is 10.6 Å². The van der Waals surface area contributed by atoms with E-state index in [1.807, 2.05) is 6.07 Å². The number of likely N-dealkylation sites (tertiary alicyclic amines) is 1. The van der Waals surface area contributed by atoms with Crippen LogP contribution in [0.1, 0.15) is 30.4 Å². The first kappa shape index (κ1) is 12.0.